The summed E-state index contributed by atoms with van der Waals surface area (Å²) in [7, 11) is 1.17. The van der Waals surface area contributed by atoms with Gasteiger partial charge in [-0.1, -0.05) is 186 Å². The molecular formula is C48H92NO8P. The van der Waals surface area contributed by atoms with Crippen LogP contribution in [0.5, 0.6) is 0 Å². The maximum atomic E-state index is 12.7. The summed E-state index contributed by atoms with van der Waals surface area (Å²) in [6, 6.07) is 0. The van der Waals surface area contributed by atoms with Gasteiger partial charge in [0.25, 0.3) is 7.82 Å². The van der Waals surface area contributed by atoms with Crippen molar-refractivity contribution in [2.24, 2.45) is 0 Å². The first-order valence-corrected chi connectivity index (χ1v) is 25.5. The zero-order valence-electron chi connectivity index (χ0n) is 38.5. The van der Waals surface area contributed by atoms with Gasteiger partial charge in [-0.15, -0.1) is 0 Å². The van der Waals surface area contributed by atoms with Crippen molar-refractivity contribution in [2.45, 2.75) is 225 Å². The Hall–Kier alpha value is -1.51. The summed E-state index contributed by atoms with van der Waals surface area (Å²) in [6.07, 6.45) is 44.8. The van der Waals surface area contributed by atoms with Gasteiger partial charge < -0.3 is 27.9 Å². The zero-order chi connectivity index (χ0) is 42.8. The lowest BCUT2D eigenvalue weighted by Crippen LogP contribution is -2.37. The van der Waals surface area contributed by atoms with Crippen LogP contribution in [0.15, 0.2) is 24.3 Å². The third-order valence-electron chi connectivity index (χ3n) is 10.5. The number of rotatable bonds is 44. The van der Waals surface area contributed by atoms with Crippen LogP contribution in [0.1, 0.15) is 219 Å². The maximum Gasteiger partial charge on any atom is 0.306 e. The van der Waals surface area contributed by atoms with Crippen LogP contribution < -0.4 is 4.89 Å². The standard InChI is InChI=1S/C48H92NO8P/c1-6-8-10-12-14-16-18-20-22-24-26-28-30-32-34-36-38-40-47(50)54-44-46(45-56-58(52,53)55-43-42-49(3,4)5)57-48(51)41-39-37-35-33-31-29-27-25-23-21-19-17-15-13-11-9-7-2/h14,16,20,22,46H,6-13,15,17-19,21,23-45H2,1-5H3/b16-14-,22-20-/t46-/m1/s1. The molecule has 0 spiro atoms. The number of likely N-dealkylation sites (N-methyl/N-ethyl adjacent to an activating group) is 1. The highest BCUT2D eigenvalue weighted by Gasteiger charge is 2.21. The molecule has 10 heteroatoms. The van der Waals surface area contributed by atoms with Gasteiger partial charge in [0, 0.05) is 12.8 Å². The van der Waals surface area contributed by atoms with E-state index >= 15 is 0 Å². The Kier molecular flexibility index (Phi) is 39.8. The number of allylic oxidation sites excluding steroid dienone is 4. The Morgan fingerprint density at radius 1 is 0.534 bits per heavy atom. The Bertz CT molecular complexity index is 1040. The summed E-state index contributed by atoms with van der Waals surface area (Å²) in [6.45, 7) is 4.22. The highest BCUT2D eigenvalue weighted by atomic mass is 31.2. The summed E-state index contributed by atoms with van der Waals surface area (Å²) in [4.78, 5) is 37.6. The molecule has 0 aromatic carbocycles. The molecule has 0 aliphatic carbocycles. The van der Waals surface area contributed by atoms with Crippen molar-refractivity contribution >= 4 is 19.8 Å². The fourth-order valence-electron chi connectivity index (χ4n) is 6.69. The summed E-state index contributed by atoms with van der Waals surface area (Å²) < 4.78 is 34.0. The Labute approximate surface area is 358 Å². The molecule has 2 atom stereocenters. The van der Waals surface area contributed by atoms with Crippen LogP contribution in [0.2, 0.25) is 0 Å². The molecule has 58 heavy (non-hydrogen) atoms. The van der Waals surface area contributed by atoms with Crippen LogP contribution in [0.3, 0.4) is 0 Å². The molecule has 0 aliphatic rings. The molecule has 0 aromatic rings. The lowest BCUT2D eigenvalue weighted by Gasteiger charge is -2.28. The second kappa shape index (κ2) is 40.9. The van der Waals surface area contributed by atoms with Crippen molar-refractivity contribution in [3.8, 4) is 0 Å². The van der Waals surface area contributed by atoms with E-state index in [0.29, 0.717) is 17.4 Å². The number of unbranched alkanes of at least 4 members (excludes halogenated alkanes) is 26. The number of ether oxygens (including phenoxy) is 2. The molecule has 0 heterocycles. The van der Waals surface area contributed by atoms with E-state index in [1.807, 2.05) is 21.1 Å². The van der Waals surface area contributed by atoms with Crippen LogP contribution >= 0.6 is 7.82 Å². The van der Waals surface area contributed by atoms with Gasteiger partial charge in [0.1, 0.15) is 19.8 Å². The highest BCUT2D eigenvalue weighted by molar-refractivity contribution is 7.45. The van der Waals surface area contributed by atoms with Gasteiger partial charge in [-0.25, -0.2) is 0 Å². The van der Waals surface area contributed by atoms with Crippen LogP contribution in [0.25, 0.3) is 0 Å². The lowest BCUT2D eigenvalue weighted by atomic mass is 10.0. The van der Waals surface area contributed by atoms with Crippen LogP contribution in [-0.2, 0) is 32.7 Å². The topological polar surface area (TPSA) is 111 Å². The molecule has 0 fully saturated rings. The first-order valence-electron chi connectivity index (χ1n) is 24.0. The molecule has 0 rings (SSSR count). The van der Waals surface area contributed by atoms with E-state index in [9.17, 15) is 19.0 Å². The number of nitrogens with zero attached hydrogens (tertiary/aromatic N) is 1. The van der Waals surface area contributed by atoms with Crippen molar-refractivity contribution in [3.63, 3.8) is 0 Å². The van der Waals surface area contributed by atoms with Crippen molar-refractivity contribution in [1.82, 2.24) is 0 Å². The molecular weight excluding hydrogens is 750 g/mol. The first-order chi connectivity index (χ1) is 28.0. The minimum absolute atomic E-state index is 0.0300. The molecule has 1 unspecified atom stereocenters. The number of esters is 2. The summed E-state index contributed by atoms with van der Waals surface area (Å²) in [5.74, 6) is -0.833. The number of carbonyl (C=O) groups is 2. The fourth-order valence-corrected chi connectivity index (χ4v) is 7.41. The number of phosphoric acid groups is 1. The molecule has 0 N–H and O–H groups in total. The van der Waals surface area contributed by atoms with Crippen LogP contribution in [0, 0.1) is 0 Å². The van der Waals surface area contributed by atoms with E-state index in [4.69, 9.17) is 18.5 Å². The van der Waals surface area contributed by atoms with E-state index in [2.05, 4.69) is 38.2 Å². The average Bonchev–Trinajstić information content (AvgIpc) is 3.17. The number of carbonyl (C=O) groups excluding carboxylic acids is 2. The second-order valence-corrected chi connectivity index (χ2v) is 18.9. The third-order valence-corrected chi connectivity index (χ3v) is 11.4. The summed E-state index contributed by atoms with van der Waals surface area (Å²) >= 11 is 0. The summed E-state index contributed by atoms with van der Waals surface area (Å²) in [5.41, 5.74) is 0. The molecule has 9 nitrogen and oxygen atoms in total. The number of quaternary nitrogens is 1. The van der Waals surface area contributed by atoms with E-state index in [-0.39, 0.29) is 32.0 Å². The lowest BCUT2D eigenvalue weighted by molar-refractivity contribution is -0.870. The van der Waals surface area contributed by atoms with Crippen molar-refractivity contribution < 1.29 is 42.1 Å². The molecule has 0 radical (unpaired) electrons. The maximum absolute atomic E-state index is 12.7. The summed E-state index contributed by atoms with van der Waals surface area (Å²) in [5, 5.41) is 0. The van der Waals surface area contributed by atoms with Gasteiger partial charge in [0.15, 0.2) is 6.10 Å². The fraction of sp³-hybridized carbons (Fsp3) is 0.875. The quantitative estimate of drug-likeness (QED) is 0.0196. The Balaban J connectivity index is 4.29. The minimum atomic E-state index is -4.62. The van der Waals surface area contributed by atoms with E-state index in [1.54, 1.807) is 0 Å². The number of hydrogen-bond acceptors (Lipinski definition) is 8. The van der Waals surface area contributed by atoms with Crippen molar-refractivity contribution in [2.75, 3.05) is 47.5 Å². The molecule has 0 bridgehead atoms. The average molecular weight is 842 g/mol. The van der Waals surface area contributed by atoms with Gasteiger partial charge in [-0.2, -0.15) is 0 Å². The molecule has 0 saturated heterocycles. The molecule has 0 aromatic heterocycles. The molecule has 0 amide bonds. The monoisotopic (exact) mass is 842 g/mol. The van der Waals surface area contributed by atoms with E-state index in [1.165, 1.54) is 135 Å². The van der Waals surface area contributed by atoms with Gasteiger partial charge in [0.2, 0.25) is 0 Å². The molecule has 342 valence electrons. The first kappa shape index (κ1) is 56.5. The van der Waals surface area contributed by atoms with Crippen molar-refractivity contribution in [3.05, 3.63) is 24.3 Å². The predicted molar refractivity (Wildman–Crippen MR) is 241 cm³/mol. The van der Waals surface area contributed by atoms with Crippen molar-refractivity contribution in [1.29, 1.82) is 0 Å². The predicted octanol–water partition coefficient (Wildman–Crippen LogP) is 13.3. The van der Waals surface area contributed by atoms with Gasteiger partial charge in [0.05, 0.1) is 27.7 Å². The highest BCUT2D eigenvalue weighted by Crippen LogP contribution is 2.38. The number of phosphoric ester groups is 1. The minimum Gasteiger partial charge on any atom is -0.756 e. The molecule has 0 aliphatic heterocycles. The van der Waals surface area contributed by atoms with Crippen LogP contribution in [0.4, 0.5) is 0 Å². The Morgan fingerprint density at radius 3 is 1.40 bits per heavy atom. The van der Waals surface area contributed by atoms with E-state index < -0.39 is 26.5 Å². The van der Waals surface area contributed by atoms with Gasteiger partial charge in [-0.3, -0.25) is 14.2 Å². The number of hydrogen-bond donors (Lipinski definition) is 0. The third kappa shape index (κ3) is 44.1. The largest absolute Gasteiger partial charge is 0.756 e. The second-order valence-electron chi connectivity index (χ2n) is 17.5. The van der Waals surface area contributed by atoms with Gasteiger partial charge in [-0.05, 0) is 44.9 Å². The Morgan fingerprint density at radius 2 is 0.931 bits per heavy atom. The SMILES string of the molecule is CCCCC/C=C\C/C=C\CCCCCCCCCC(=O)OC[C@H](COP(=O)([O-])OCC[N+](C)(C)C)OC(=O)CCCCCCCCCCCCCCCCCCC. The smallest absolute Gasteiger partial charge is 0.306 e. The van der Waals surface area contributed by atoms with E-state index in [0.717, 1.165) is 51.4 Å². The molecule has 0 saturated carbocycles. The zero-order valence-corrected chi connectivity index (χ0v) is 39.4. The van der Waals surface area contributed by atoms with Gasteiger partial charge >= 0.3 is 11.9 Å². The normalized spacial score (nSPS) is 13.7. The van der Waals surface area contributed by atoms with Crippen LogP contribution in [-0.4, -0.2) is 70.0 Å².